The van der Waals surface area contributed by atoms with Crippen LogP contribution in [0.1, 0.15) is 60.8 Å². The predicted molar refractivity (Wildman–Crippen MR) is 126 cm³/mol. The van der Waals surface area contributed by atoms with Crippen molar-refractivity contribution in [1.29, 1.82) is 0 Å². The highest BCUT2D eigenvalue weighted by molar-refractivity contribution is 5.78. The summed E-state index contributed by atoms with van der Waals surface area (Å²) in [6.07, 6.45) is 5.36. The summed E-state index contributed by atoms with van der Waals surface area (Å²) in [6.45, 7) is 9.89. The van der Waals surface area contributed by atoms with Crippen molar-refractivity contribution in [2.45, 2.75) is 59.4 Å². The average Bonchev–Trinajstić information content (AvgIpc) is 3.45. The van der Waals surface area contributed by atoms with Crippen molar-refractivity contribution in [1.82, 2.24) is 29.8 Å². The molecule has 3 aromatic rings. The van der Waals surface area contributed by atoms with E-state index in [1.165, 1.54) is 0 Å². The number of pyridine rings is 1. The number of hydrogen-bond donors (Lipinski definition) is 1. The third-order valence-electron chi connectivity index (χ3n) is 6.44. The van der Waals surface area contributed by atoms with Gasteiger partial charge >= 0.3 is 0 Å². The van der Waals surface area contributed by atoms with Crippen molar-refractivity contribution in [3.63, 3.8) is 0 Å². The normalized spacial score (nSPS) is 16.0. The fourth-order valence-electron chi connectivity index (χ4n) is 4.50. The molecule has 174 valence electrons. The van der Waals surface area contributed by atoms with E-state index in [4.69, 9.17) is 10.1 Å². The summed E-state index contributed by atoms with van der Waals surface area (Å²) in [5, 5.41) is 7.81. The van der Waals surface area contributed by atoms with Gasteiger partial charge in [0.1, 0.15) is 0 Å². The summed E-state index contributed by atoms with van der Waals surface area (Å²) in [6, 6.07) is 5.83. The van der Waals surface area contributed by atoms with Gasteiger partial charge in [0.05, 0.1) is 5.69 Å². The third kappa shape index (κ3) is 5.05. The lowest BCUT2D eigenvalue weighted by Gasteiger charge is -2.18. The Labute approximate surface area is 194 Å². The molecule has 0 saturated carbocycles. The van der Waals surface area contributed by atoms with Crippen LogP contribution < -0.4 is 5.32 Å². The molecule has 1 N–H and O–H groups in total. The first-order chi connectivity index (χ1) is 15.8. The summed E-state index contributed by atoms with van der Waals surface area (Å²) in [5.74, 6) is 0.459. The zero-order valence-electron chi connectivity index (χ0n) is 19.8. The summed E-state index contributed by atoms with van der Waals surface area (Å²) in [5.41, 5.74) is 5.82. The van der Waals surface area contributed by atoms with Gasteiger partial charge in [0.25, 0.3) is 0 Å². The molecule has 1 aliphatic rings. The summed E-state index contributed by atoms with van der Waals surface area (Å²) in [4.78, 5) is 35.4. The molecule has 0 aliphatic carbocycles. The Balaban J connectivity index is 1.43. The van der Waals surface area contributed by atoms with Crippen LogP contribution in [0.3, 0.4) is 0 Å². The highest BCUT2D eigenvalue weighted by Gasteiger charge is 2.30. The first-order valence-corrected chi connectivity index (χ1v) is 11.6. The molecule has 0 radical (unpaired) electrons. The number of carbonyl (C=O) groups is 2. The van der Waals surface area contributed by atoms with Gasteiger partial charge in [-0.25, -0.2) is 9.50 Å². The number of nitrogens with one attached hydrogen (secondary N) is 1. The van der Waals surface area contributed by atoms with Gasteiger partial charge in [-0.15, -0.1) is 0 Å². The maximum absolute atomic E-state index is 12.4. The van der Waals surface area contributed by atoms with E-state index in [9.17, 15) is 9.59 Å². The average molecular weight is 449 g/mol. The van der Waals surface area contributed by atoms with Crippen LogP contribution in [0, 0.1) is 19.8 Å². The van der Waals surface area contributed by atoms with Gasteiger partial charge in [-0.05, 0) is 49.9 Å². The van der Waals surface area contributed by atoms with E-state index in [0.29, 0.717) is 25.9 Å². The van der Waals surface area contributed by atoms with Gasteiger partial charge in [-0.3, -0.25) is 14.6 Å². The van der Waals surface area contributed by atoms with E-state index in [0.717, 1.165) is 46.8 Å². The van der Waals surface area contributed by atoms with Crippen molar-refractivity contribution in [3.8, 4) is 0 Å². The van der Waals surface area contributed by atoms with Gasteiger partial charge in [-0.1, -0.05) is 13.8 Å². The summed E-state index contributed by atoms with van der Waals surface area (Å²) >= 11 is 0. The molecule has 1 saturated heterocycles. The Hall–Kier alpha value is -3.29. The zero-order chi connectivity index (χ0) is 23.5. The Morgan fingerprint density at radius 2 is 1.97 bits per heavy atom. The second-order valence-corrected chi connectivity index (χ2v) is 9.16. The number of rotatable bonds is 7. The fourth-order valence-corrected chi connectivity index (χ4v) is 4.50. The maximum Gasteiger partial charge on any atom is 0.225 e. The first kappa shape index (κ1) is 22.9. The Morgan fingerprint density at radius 1 is 1.21 bits per heavy atom. The molecule has 2 amide bonds. The fraction of sp³-hybridized carbons (Fsp3) is 0.480. The van der Waals surface area contributed by atoms with Crippen LogP contribution in [0.2, 0.25) is 0 Å². The molecule has 1 fully saturated rings. The van der Waals surface area contributed by atoms with Crippen LogP contribution in [0.4, 0.5) is 0 Å². The summed E-state index contributed by atoms with van der Waals surface area (Å²) in [7, 11) is 0. The minimum absolute atomic E-state index is 0.00716. The van der Waals surface area contributed by atoms with E-state index in [2.05, 4.69) is 10.3 Å². The van der Waals surface area contributed by atoms with Crippen LogP contribution in [-0.4, -0.2) is 49.4 Å². The molecular formula is C25H32N6O2. The van der Waals surface area contributed by atoms with Crippen LogP contribution >= 0.6 is 0 Å². The minimum Gasteiger partial charge on any atom is -0.352 e. The van der Waals surface area contributed by atoms with E-state index in [1.54, 1.807) is 12.4 Å². The number of amides is 2. The quantitative estimate of drug-likeness (QED) is 0.600. The van der Waals surface area contributed by atoms with Crippen molar-refractivity contribution < 1.29 is 9.59 Å². The van der Waals surface area contributed by atoms with E-state index in [1.807, 2.05) is 55.3 Å². The van der Waals surface area contributed by atoms with Crippen LogP contribution in [0.5, 0.6) is 0 Å². The number of aryl methyl sites for hydroxylation is 2. The van der Waals surface area contributed by atoms with Gasteiger partial charge in [0.2, 0.25) is 11.8 Å². The molecule has 3 aromatic heterocycles. The van der Waals surface area contributed by atoms with Gasteiger partial charge in [-0.2, -0.15) is 5.10 Å². The standard InChI is InChI=1S/C25H32N6O2/c1-16(2)25(33)30-12-9-20(15-30)22-13-23-28-17(3)21(18(4)31(23)29-22)5-6-24(32)27-14-19-7-10-26-11-8-19/h7-8,10-11,13,16,20H,5-6,9,12,14-15H2,1-4H3,(H,27,32). The Morgan fingerprint density at radius 3 is 2.70 bits per heavy atom. The molecule has 8 nitrogen and oxygen atoms in total. The van der Waals surface area contributed by atoms with Crippen LogP contribution in [0.25, 0.3) is 5.65 Å². The van der Waals surface area contributed by atoms with Crippen molar-refractivity contribution in [2.24, 2.45) is 5.92 Å². The topological polar surface area (TPSA) is 92.5 Å². The smallest absolute Gasteiger partial charge is 0.225 e. The lowest BCUT2D eigenvalue weighted by Crippen LogP contribution is -2.32. The number of likely N-dealkylation sites (tertiary alicyclic amines) is 1. The van der Waals surface area contributed by atoms with Crippen LogP contribution in [-0.2, 0) is 22.6 Å². The van der Waals surface area contributed by atoms with Crippen molar-refractivity contribution in [3.05, 3.63) is 58.8 Å². The molecule has 8 heteroatoms. The van der Waals surface area contributed by atoms with E-state index < -0.39 is 0 Å². The van der Waals surface area contributed by atoms with Gasteiger partial charge in [0.15, 0.2) is 5.65 Å². The maximum atomic E-state index is 12.4. The number of fused-ring (bicyclic) bond motifs is 1. The van der Waals surface area contributed by atoms with Crippen molar-refractivity contribution >= 4 is 17.5 Å². The Kier molecular flexibility index (Phi) is 6.72. The molecule has 0 bridgehead atoms. The molecule has 1 aliphatic heterocycles. The monoisotopic (exact) mass is 448 g/mol. The second kappa shape index (κ2) is 9.68. The second-order valence-electron chi connectivity index (χ2n) is 9.16. The molecule has 4 rings (SSSR count). The minimum atomic E-state index is 0.00716. The lowest BCUT2D eigenvalue weighted by atomic mass is 10.1. The number of aromatic nitrogens is 4. The zero-order valence-corrected chi connectivity index (χ0v) is 19.8. The Bertz CT molecular complexity index is 1150. The lowest BCUT2D eigenvalue weighted by molar-refractivity contribution is -0.133. The number of hydrogen-bond acceptors (Lipinski definition) is 5. The van der Waals surface area contributed by atoms with Crippen molar-refractivity contribution in [2.75, 3.05) is 13.1 Å². The number of carbonyl (C=O) groups excluding carboxylic acids is 2. The molecule has 0 aromatic carbocycles. The third-order valence-corrected chi connectivity index (χ3v) is 6.44. The summed E-state index contributed by atoms with van der Waals surface area (Å²) < 4.78 is 1.89. The largest absolute Gasteiger partial charge is 0.352 e. The highest BCUT2D eigenvalue weighted by Crippen LogP contribution is 2.28. The highest BCUT2D eigenvalue weighted by atomic mass is 16.2. The molecule has 0 spiro atoms. The first-order valence-electron chi connectivity index (χ1n) is 11.6. The molecule has 1 atom stereocenters. The van der Waals surface area contributed by atoms with Crippen LogP contribution in [0.15, 0.2) is 30.6 Å². The molecule has 4 heterocycles. The molecular weight excluding hydrogens is 416 g/mol. The SMILES string of the molecule is Cc1nc2cc(C3CCN(C(=O)C(C)C)C3)nn2c(C)c1CCC(=O)NCc1ccncc1. The molecule has 33 heavy (non-hydrogen) atoms. The molecule has 1 unspecified atom stereocenters. The van der Waals surface area contributed by atoms with E-state index in [-0.39, 0.29) is 23.7 Å². The van der Waals surface area contributed by atoms with E-state index >= 15 is 0 Å². The predicted octanol–water partition coefficient (Wildman–Crippen LogP) is 2.96. The van der Waals surface area contributed by atoms with Gasteiger partial charge in [0, 0.05) is 67.7 Å². The van der Waals surface area contributed by atoms with Gasteiger partial charge < -0.3 is 10.2 Å². The number of nitrogens with zero attached hydrogens (tertiary/aromatic N) is 5.